The Bertz CT molecular complexity index is 904. The van der Waals surface area contributed by atoms with Gasteiger partial charge in [0, 0.05) is 36.6 Å². The van der Waals surface area contributed by atoms with Crippen LogP contribution in [-0.4, -0.2) is 46.4 Å². The van der Waals surface area contributed by atoms with E-state index in [1.165, 1.54) is 25.7 Å². The van der Waals surface area contributed by atoms with Gasteiger partial charge in [-0.2, -0.15) is 0 Å². The van der Waals surface area contributed by atoms with E-state index >= 15 is 0 Å². The van der Waals surface area contributed by atoms with Crippen LogP contribution in [0.4, 0.5) is 4.39 Å². The molecule has 0 bridgehead atoms. The molecule has 1 aliphatic carbocycles. The molecule has 1 aromatic heterocycles. The van der Waals surface area contributed by atoms with Crippen LogP contribution in [0.25, 0.3) is 10.9 Å². The smallest absolute Gasteiger partial charge is 0.225 e. The average Bonchev–Trinajstić information content (AvgIpc) is 3.63. The standard InChI is InChI=1S/C25H32FN3O/c26-22-10-9-20(24-21(22)5-4-13-27-24)17-28-15-11-18(12-16-28)23-6-2-1-3-14-29(23)25(30)19-7-8-19/h4-5,9-10,13,18-19,23H,1-3,6-8,11-12,14-17H2/t23-/m0/s1. The summed E-state index contributed by atoms with van der Waals surface area (Å²) < 4.78 is 14.1. The van der Waals surface area contributed by atoms with Crippen molar-refractivity contribution in [1.29, 1.82) is 0 Å². The van der Waals surface area contributed by atoms with Crippen molar-refractivity contribution in [2.45, 2.75) is 64.0 Å². The second-order valence-electron chi connectivity index (χ2n) is 9.44. The van der Waals surface area contributed by atoms with Crippen LogP contribution >= 0.6 is 0 Å². The first kappa shape index (κ1) is 19.9. The highest BCUT2D eigenvalue weighted by molar-refractivity contribution is 5.82. The average molecular weight is 410 g/mol. The normalized spacial score (nSPS) is 24.2. The number of hydrogen-bond donors (Lipinski definition) is 0. The lowest BCUT2D eigenvalue weighted by atomic mass is 9.85. The fourth-order valence-corrected chi connectivity index (χ4v) is 5.52. The van der Waals surface area contributed by atoms with Crippen LogP contribution < -0.4 is 0 Å². The second-order valence-corrected chi connectivity index (χ2v) is 9.44. The van der Waals surface area contributed by atoms with E-state index in [0.29, 0.717) is 29.2 Å². The molecular weight excluding hydrogens is 377 g/mol. The Morgan fingerprint density at radius 1 is 1.00 bits per heavy atom. The van der Waals surface area contributed by atoms with E-state index in [1.54, 1.807) is 18.3 Å². The van der Waals surface area contributed by atoms with Crippen LogP contribution in [0.15, 0.2) is 30.5 Å². The Morgan fingerprint density at radius 2 is 1.83 bits per heavy atom. The number of piperidine rings is 1. The molecule has 1 aromatic carbocycles. The van der Waals surface area contributed by atoms with Crippen molar-refractivity contribution in [3.05, 3.63) is 41.8 Å². The van der Waals surface area contributed by atoms with Gasteiger partial charge in [0.1, 0.15) is 5.82 Å². The molecule has 4 nitrogen and oxygen atoms in total. The van der Waals surface area contributed by atoms with Gasteiger partial charge in [-0.15, -0.1) is 0 Å². The third-order valence-corrected chi connectivity index (χ3v) is 7.38. The van der Waals surface area contributed by atoms with Crippen LogP contribution in [0, 0.1) is 17.7 Å². The summed E-state index contributed by atoms with van der Waals surface area (Å²) in [4.78, 5) is 22.1. The Morgan fingerprint density at radius 3 is 2.63 bits per heavy atom. The largest absolute Gasteiger partial charge is 0.339 e. The minimum absolute atomic E-state index is 0.200. The topological polar surface area (TPSA) is 36.4 Å². The number of amides is 1. The highest BCUT2D eigenvalue weighted by atomic mass is 19.1. The third-order valence-electron chi connectivity index (χ3n) is 7.38. The van der Waals surface area contributed by atoms with Gasteiger partial charge in [0.05, 0.1) is 5.52 Å². The fourth-order valence-electron chi connectivity index (χ4n) is 5.52. The van der Waals surface area contributed by atoms with Crippen molar-refractivity contribution in [3.8, 4) is 0 Å². The minimum Gasteiger partial charge on any atom is -0.339 e. The van der Waals surface area contributed by atoms with Crippen molar-refractivity contribution in [2.24, 2.45) is 11.8 Å². The van der Waals surface area contributed by atoms with Gasteiger partial charge in [-0.05, 0) is 81.3 Å². The molecule has 2 aliphatic heterocycles. The molecule has 160 valence electrons. The number of halogens is 1. The maximum Gasteiger partial charge on any atom is 0.225 e. The second kappa shape index (κ2) is 8.62. The van der Waals surface area contributed by atoms with Crippen molar-refractivity contribution in [2.75, 3.05) is 19.6 Å². The van der Waals surface area contributed by atoms with Gasteiger partial charge in [-0.3, -0.25) is 14.7 Å². The number of fused-ring (bicyclic) bond motifs is 1. The molecule has 0 radical (unpaired) electrons. The van der Waals surface area contributed by atoms with Crippen LogP contribution in [0.2, 0.25) is 0 Å². The van der Waals surface area contributed by atoms with E-state index in [1.807, 2.05) is 12.1 Å². The molecule has 0 unspecified atom stereocenters. The number of rotatable bonds is 4. The minimum atomic E-state index is -0.200. The number of benzene rings is 1. The zero-order valence-corrected chi connectivity index (χ0v) is 17.7. The van der Waals surface area contributed by atoms with E-state index in [9.17, 15) is 9.18 Å². The van der Waals surface area contributed by atoms with Gasteiger partial charge in [-0.25, -0.2) is 4.39 Å². The molecule has 0 spiro atoms. The van der Waals surface area contributed by atoms with Gasteiger partial charge in [-0.1, -0.05) is 18.9 Å². The summed E-state index contributed by atoms with van der Waals surface area (Å²) in [6.45, 7) is 3.86. The van der Waals surface area contributed by atoms with E-state index < -0.39 is 0 Å². The number of carbonyl (C=O) groups is 1. The summed E-state index contributed by atoms with van der Waals surface area (Å²) in [5, 5.41) is 0.609. The Kier molecular flexibility index (Phi) is 5.72. The van der Waals surface area contributed by atoms with Crippen LogP contribution in [0.5, 0.6) is 0 Å². The molecule has 5 heteroatoms. The zero-order valence-electron chi connectivity index (χ0n) is 17.7. The van der Waals surface area contributed by atoms with Gasteiger partial charge >= 0.3 is 0 Å². The lowest BCUT2D eigenvalue weighted by Gasteiger charge is -2.41. The monoisotopic (exact) mass is 409 g/mol. The number of aromatic nitrogens is 1. The molecular formula is C25H32FN3O. The molecule has 1 saturated carbocycles. The van der Waals surface area contributed by atoms with Crippen molar-refractivity contribution in [1.82, 2.24) is 14.8 Å². The highest BCUT2D eigenvalue weighted by Crippen LogP contribution is 2.36. The van der Waals surface area contributed by atoms with Gasteiger partial charge in [0.25, 0.3) is 0 Å². The molecule has 5 rings (SSSR count). The SMILES string of the molecule is O=C(C1CC1)N1CCCCC[C@H]1C1CCN(Cc2ccc(F)c3cccnc23)CC1. The van der Waals surface area contributed by atoms with E-state index in [-0.39, 0.29) is 5.82 Å². The summed E-state index contributed by atoms with van der Waals surface area (Å²) in [7, 11) is 0. The highest BCUT2D eigenvalue weighted by Gasteiger charge is 2.39. The van der Waals surface area contributed by atoms with Crippen LogP contribution in [-0.2, 0) is 11.3 Å². The van der Waals surface area contributed by atoms with Gasteiger partial charge < -0.3 is 4.90 Å². The van der Waals surface area contributed by atoms with E-state index in [0.717, 1.165) is 62.9 Å². The number of carbonyl (C=O) groups excluding carboxylic acids is 1. The maximum absolute atomic E-state index is 14.1. The molecule has 0 N–H and O–H groups in total. The first-order chi connectivity index (χ1) is 14.7. The fraction of sp³-hybridized carbons (Fsp3) is 0.600. The van der Waals surface area contributed by atoms with E-state index in [2.05, 4.69) is 14.8 Å². The molecule has 1 amide bonds. The summed E-state index contributed by atoms with van der Waals surface area (Å²) in [5.74, 6) is 1.18. The third kappa shape index (κ3) is 4.09. The van der Waals surface area contributed by atoms with Crippen LogP contribution in [0.1, 0.15) is 56.9 Å². The molecule has 30 heavy (non-hydrogen) atoms. The number of nitrogens with zero attached hydrogens (tertiary/aromatic N) is 3. The summed E-state index contributed by atoms with van der Waals surface area (Å²) in [6.07, 6.45) is 11.1. The van der Waals surface area contributed by atoms with Crippen molar-refractivity contribution < 1.29 is 9.18 Å². The summed E-state index contributed by atoms with van der Waals surface area (Å²) in [6, 6.07) is 7.50. The summed E-state index contributed by atoms with van der Waals surface area (Å²) in [5.41, 5.74) is 1.88. The van der Waals surface area contributed by atoms with E-state index in [4.69, 9.17) is 0 Å². The Balaban J connectivity index is 1.25. The maximum atomic E-state index is 14.1. The number of pyridine rings is 1. The predicted molar refractivity (Wildman–Crippen MR) is 116 cm³/mol. The molecule has 3 fully saturated rings. The van der Waals surface area contributed by atoms with Crippen LogP contribution in [0.3, 0.4) is 0 Å². The Hall–Kier alpha value is -2.01. The molecule has 2 aromatic rings. The summed E-state index contributed by atoms with van der Waals surface area (Å²) >= 11 is 0. The number of likely N-dealkylation sites (tertiary alicyclic amines) is 2. The molecule has 1 atom stereocenters. The lowest BCUT2D eigenvalue weighted by molar-refractivity contribution is -0.136. The first-order valence-electron chi connectivity index (χ1n) is 11.8. The predicted octanol–water partition coefficient (Wildman–Crippen LogP) is 4.77. The van der Waals surface area contributed by atoms with Gasteiger partial charge in [0.15, 0.2) is 0 Å². The lowest BCUT2D eigenvalue weighted by Crippen LogP contribution is -2.48. The Labute approximate surface area is 178 Å². The van der Waals surface area contributed by atoms with Gasteiger partial charge in [0.2, 0.25) is 5.91 Å². The molecule has 2 saturated heterocycles. The molecule has 3 aliphatic rings. The zero-order chi connectivity index (χ0) is 20.5. The van der Waals surface area contributed by atoms with Crippen molar-refractivity contribution in [3.63, 3.8) is 0 Å². The van der Waals surface area contributed by atoms with Crippen molar-refractivity contribution >= 4 is 16.8 Å². The first-order valence-corrected chi connectivity index (χ1v) is 11.8. The number of hydrogen-bond acceptors (Lipinski definition) is 3. The molecule has 3 heterocycles. The quantitative estimate of drug-likeness (QED) is 0.730.